The summed E-state index contributed by atoms with van der Waals surface area (Å²) in [5.74, 6) is 0.684. The second kappa shape index (κ2) is 15.1. The number of hydrogen-bond acceptors (Lipinski definition) is 7. The molecule has 9 nitrogen and oxygen atoms in total. The maximum Gasteiger partial charge on any atom is 0.411 e. The van der Waals surface area contributed by atoms with Gasteiger partial charge in [-0.1, -0.05) is 68.8 Å². The van der Waals surface area contributed by atoms with Crippen LogP contribution in [0.5, 0.6) is 0 Å². The Morgan fingerprint density at radius 1 is 1.00 bits per heavy atom. The van der Waals surface area contributed by atoms with E-state index in [0.717, 1.165) is 36.0 Å². The summed E-state index contributed by atoms with van der Waals surface area (Å²) in [5.41, 5.74) is 2.97. The van der Waals surface area contributed by atoms with Crippen LogP contribution in [0.25, 0.3) is 0 Å². The summed E-state index contributed by atoms with van der Waals surface area (Å²) in [5, 5.41) is 15.6. The van der Waals surface area contributed by atoms with Crippen molar-refractivity contribution in [1.82, 2.24) is 10.2 Å². The van der Waals surface area contributed by atoms with E-state index in [-0.39, 0.29) is 48.8 Å². The quantitative estimate of drug-likeness (QED) is 0.266. The number of amides is 2. The maximum absolute atomic E-state index is 13.7. The summed E-state index contributed by atoms with van der Waals surface area (Å²) in [7, 11) is 0. The highest BCUT2D eigenvalue weighted by Gasteiger charge is 2.46. The van der Waals surface area contributed by atoms with Crippen molar-refractivity contribution in [3.8, 4) is 0 Å². The van der Waals surface area contributed by atoms with Crippen LogP contribution in [0, 0.1) is 11.8 Å². The lowest BCUT2D eigenvalue weighted by atomic mass is 9.75. The summed E-state index contributed by atoms with van der Waals surface area (Å²) in [6, 6.07) is 15.4. The third-order valence-corrected chi connectivity index (χ3v) is 9.58. The van der Waals surface area contributed by atoms with Crippen LogP contribution < -0.4 is 10.6 Å². The van der Waals surface area contributed by atoms with Gasteiger partial charge in [-0.05, 0) is 75.6 Å². The Kier molecular flexibility index (Phi) is 11.2. The van der Waals surface area contributed by atoms with Crippen LogP contribution in [0.1, 0.15) is 95.3 Å². The minimum Gasteiger partial charge on any atom is -0.445 e. The molecular weight excluding hydrogens is 582 g/mol. The van der Waals surface area contributed by atoms with Gasteiger partial charge in [0, 0.05) is 35.3 Å². The molecule has 0 aromatic heterocycles. The summed E-state index contributed by atoms with van der Waals surface area (Å²) in [4.78, 5) is 28.2. The topological polar surface area (TPSA) is 109 Å². The predicted octanol–water partition coefficient (Wildman–Crippen LogP) is 6.64. The molecule has 0 radical (unpaired) electrons. The van der Waals surface area contributed by atoms with Crippen LogP contribution in [-0.2, 0) is 25.6 Å². The van der Waals surface area contributed by atoms with Gasteiger partial charge in [-0.3, -0.25) is 15.0 Å². The molecule has 3 fully saturated rings. The second-order valence-corrected chi connectivity index (χ2v) is 14.1. The van der Waals surface area contributed by atoms with Crippen molar-refractivity contribution in [2.24, 2.45) is 11.8 Å². The summed E-state index contributed by atoms with van der Waals surface area (Å²) in [6.07, 6.45) is 6.51. The number of ether oxygens (including phenoxy) is 3. The number of anilines is 1. The van der Waals surface area contributed by atoms with Crippen molar-refractivity contribution in [2.75, 3.05) is 18.5 Å². The molecule has 0 bridgehead atoms. The first-order valence-electron chi connectivity index (χ1n) is 16.8. The minimum atomic E-state index is -0.653. The molecule has 2 heterocycles. The molecule has 2 amide bonds. The molecule has 7 atom stereocenters. The third kappa shape index (κ3) is 8.37. The number of likely N-dealkylation sites (tertiary alicyclic amines) is 1. The van der Waals surface area contributed by atoms with Crippen LogP contribution in [-0.4, -0.2) is 58.9 Å². The zero-order valence-electron chi connectivity index (χ0n) is 27.7. The van der Waals surface area contributed by atoms with E-state index in [4.69, 9.17) is 14.2 Å². The van der Waals surface area contributed by atoms with Crippen molar-refractivity contribution in [1.29, 1.82) is 0 Å². The van der Waals surface area contributed by atoms with Gasteiger partial charge in [0.15, 0.2) is 6.29 Å². The van der Waals surface area contributed by atoms with Crippen LogP contribution in [0.4, 0.5) is 10.5 Å². The van der Waals surface area contributed by atoms with E-state index in [1.54, 1.807) is 12.1 Å². The van der Waals surface area contributed by atoms with Gasteiger partial charge in [0.05, 0.1) is 24.9 Å². The molecule has 5 rings (SSSR count). The van der Waals surface area contributed by atoms with Crippen molar-refractivity contribution in [3.05, 3.63) is 77.9 Å². The van der Waals surface area contributed by atoms with E-state index in [2.05, 4.69) is 29.0 Å². The summed E-state index contributed by atoms with van der Waals surface area (Å²) < 4.78 is 18.5. The van der Waals surface area contributed by atoms with E-state index >= 15 is 0 Å². The highest BCUT2D eigenvalue weighted by Crippen LogP contribution is 2.44. The maximum atomic E-state index is 13.7. The van der Waals surface area contributed by atoms with E-state index < -0.39 is 12.4 Å². The van der Waals surface area contributed by atoms with E-state index in [1.165, 1.54) is 25.3 Å². The minimum absolute atomic E-state index is 0.00732. The van der Waals surface area contributed by atoms with Crippen molar-refractivity contribution in [3.63, 3.8) is 0 Å². The largest absolute Gasteiger partial charge is 0.445 e. The molecule has 3 N–H and O–H groups in total. The molecule has 2 aromatic carbocycles. The Morgan fingerprint density at radius 3 is 2.37 bits per heavy atom. The number of rotatable bonds is 9. The van der Waals surface area contributed by atoms with Gasteiger partial charge in [0.2, 0.25) is 5.91 Å². The second-order valence-electron chi connectivity index (χ2n) is 14.1. The first-order chi connectivity index (χ1) is 22.1. The number of nitrogens with one attached hydrogen (secondary N) is 2. The van der Waals surface area contributed by atoms with Gasteiger partial charge in [-0.15, -0.1) is 0 Å². The number of aliphatic hydroxyl groups excluding tert-OH is 1. The van der Waals surface area contributed by atoms with Gasteiger partial charge >= 0.3 is 6.09 Å². The number of benzene rings is 2. The average Bonchev–Trinajstić information content (AvgIpc) is 3.04. The first kappa shape index (κ1) is 34.1. The SMILES string of the molecule is C=CCOC(=O)Nc1ccc(C2OC(CN3C(C(=O)NC(C)(C)C)CCC4CCCCC43)C(C)C(c3ccc(CO)cc3)O2)cc1. The molecule has 46 heavy (non-hydrogen) atoms. The number of carbonyl (C=O) groups excluding carboxylic acids is 2. The first-order valence-corrected chi connectivity index (χ1v) is 16.8. The fourth-order valence-electron chi connectivity index (χ4n) is 7.28. The summed E-state index contributed by atoms with van der Waals surface area (Å²) in [6.45, 7) is 12.6. The molecule has 1 saturated carbocycles. The molecule has 2 saturated heterocycles. The lowest BCUT2D eigenvalue weighted by molar-refractivity contribution is -0.278. The van der Waals surface area contributed by atoms with Gasteiger partial charge < -0.3 is 24.6 Å². The predicted molar refractivity (Wildman–Crippen MR) is 178 cm³/mol. The van der Waals surface area contributed by atoms with Crippen molar-refractivity contribution >= 4 is 17.7 Å². The average molecular weight is 634 g/mol. The molecule has 2 aliphatic heterocycles. The molecule has 2 aromatic rings. The Morgan fingerprint density at radius 2 is 1.70 bits per heavy atom. The Labute approximate surface area is 273 Å². The van der Waals surface area contributed by atoms with Crippen molar-refractivity contribution in [2.45, 2.75) is 109 Å². The zero-order chi connectivity index (χ0) is 32.8. The highest BCUT2D eigenvalue weighted by molar-refractivity contribution is 5.84. The number of fused-ring (bicyclic) bond motifs is 1. The molecular formula is C37H51N3O6. The fraction of sp³-hybridized carbons (Fsp3) is 0.568. The zero-order valence-corrected chi connectivity index (χ0v) is 27.7. The molecule has 250 valence electrons. The normalized spacial score (nSPS) is 28.5. The van der Waals surface area contributed by atoms with Crippen LogP contribution in [0.15, 0.2) is 61.2 Å². The molecule has 7 unspecified atom stereocenters. The van der Waals surface area contributed by atoms with Crippen LogP contribution >= 0.6 is 0 Å². The Hall–Kier alpha value is -3.24. The smallest absolute Gasteiger partial charge is 0.411 e. The number of hydrogen-bond donors (Lipinski definition) is 3. The monoisotopic (exact) mass is 633 g/mol. The molecule has 3 aliphatic rings. The van der Waals surface area contributed by atoms with Crippen LogP contribution in [0.3, 0.4) is 0 Å². The Balaban J connectivity index is 1.42. The third-order valence-electron chi connectivity index (χ3n) is 9.58. The number of carbonyl (C=O) groups is 2. The number of piperidine rings is 1. The lowest BCUT2D eigenvalue weighted by Gasteiger charge is -2.51. The van der Waals surface area contributed by atoms with E-state index in [1.807, 2.05) is 57.2 Å². The van der Waals surface area contributed by atoms with Gasteiger partial charge in [-0.2, -0.15) is 0 Å². The summed E-state index contributed by atoms with van der Waals surface area (Å²) >= 11 is 0. The van der Waals surface area contributed by atoms with E-state index in [0.29, 0.717) is 24.2 Å². The Bertz CT molecular complexity index is 1320. The van der Waals surface area contributed by atoms with E-state index in [9.17, 15) is 14.7 Å². The van der Waals surface area contributed by atoms with Gasteiger partial charge in [0.25, 0.3) is 0 Å². The lowest BCUT2D eigenvalue weighted by Crippen LogP contribution is -2.61. The number of nitrogens with zero attached hydrogens (tertiary/aromatic N) is 1. The highest BCUT2D eigenvalue weighted by atomic mass is 16.7. The molecule has 9 heteroatoms. The molecule has 0 spiro atoms. The standard InChI is InChI=1S/C37H51N3O6/c1-6-21-44-36(43)38-29-18-15-28(16-19-29)35-45-32(24(2)33(46-35)27-13-11-25(23-41)12-14-27)22-40-30-10-8-7-9-26(30)17-20-31(40)34(42)39-37(3,4)5/h6,11-16,18-19,24,26,30-33,35,41H,1,7-10,17,20-23H2,2-5H3,(H,38,43)(H,39,42). The fourth-order valence-corrected chi connectivity index (χ4v) is 7.28. The molecule has 1 aliphatic carbocycles. The van der Waals surface area contributed by atoms with Crippen molar-refractivity contribution < 1.29 is 28.9 Å². The van der Waals surface area contributed by atoms with Crippen LogP contribution in [0.2, 0.25) is 0 Å². The number of aliphatic hydroxyl groups is 1. The van der Waals surface area contributed by atoms with Gasteiger partial charge in [-0.25, -0.2) is 4.79 Å². The van der Waals surface area contributed by atoms with Gasteiger partial charge in [0.1, 0.15) is 6.61 Å².